The minimum Gasteiger partial charge on any atom is -0.354 e. The van der Waals surface area contributed by atoms with Crippen LogP contribution >= 0.6 is 15.9 Å². The van der Waals surface area contributed by atoms with Crippen molar-refractivity contribution in [3.8, 4) is 0 Å². The summed E-state index contributed by atoms with van der Waals surface area (Å²) in [5.74, 6) is 0.721. The normalized spacial score (nSPS) is 12.1. The van der Waals surface area contributed by atoms with E-state index in [-0.39, 0.29) is 11.8 Å². The second-order valence-electron chi connectivity index (χ2n) is 8.86. The van der Waals surface area contributed by atoms with Crippen molar-refractivity contribution in [3.05, 3.63) is 69.7 Å². The van der Waals surface area contributed by atoms with Crippen LogP contribution < -0.4 is 5.32 Å². The standard InChI is InChI=1S/C26H35BrN2O2/c1-18(2)16-28-26(31)20(5)29(17-22-7-6-8-24(27)15-22)25(30)14-11-21-9-12-23(13-10-21)19(3)4/h6-10,12-13,15,18-20H,11,14,16-17H2,1-5H3,(H,28,31)/t20-/m1/s1. The molecular weight excluding hydrogens is 452 g/mol. The molecule has 0 aliphatic rings. The molecule has 0 spiro atoms. The van der Waals surface area contributed by atoms with Gasteiger partial charge in [-0.3, -0.25) is 9.59 Å². The Morgan fingerprint density at radius 1 is 0.968 bits per heavy atom. The Balaban J connectivity index is 2.11. The second kappa shape index (κ2) is 12.0. The van der Waals surface area contributed by atoms with Gasteiger partial charge in [-0.15, -0.1) is 0 Å². The van der Waals surface area contributed by atoms with Gasteiger partial charge in [0.2, 0.25) is 11.8 Å². The van der Waals surface area contributed by atoms with Gasteiger partial charge < -0.3 is 10.2 Å². The molecule has 0 aromatic heterocycles. The number of rotatable bonds is 10. The van der Waals surface area contributed by atoms with E-state index in [4.69, 9.17) is 0 Å². The van der Waals surface area contributed by atoms with Gasteiger partial charge in [0.1, 0.15) is 6.04 Å². The first-order valence-electron chi connectivity index (χ1n) is 11.1. The molecular formula is C26H35BrN2O2. The van der Waals surface area contributed by atoms with Crippen LogP contribution in [-0.2, 0) is 22.6 Å². The second-order valence-corrected chi connectivity index (χ2v) is 9.78. The third kappa shape index (κ3) is 8.13. The number of carbonyl (C=O) groups excluding carboxylic acids is 2. The van der Waals surface area contributed by atoms with Crippen molar-refractivity contribution < 1.29 is 9.59 Å². The highest BCUT2D eigenvalue weighted by Crippen LogP contribution is 2.18. The molecule has 1 N–H and O–H groups in total. The molecule has 0 heterocycles. The smallest absolute Gasteiger partial charge is 0.242 e. The number of carbonyl (C=O) groups is 2. The van der Waals surface area contributed by atoms with Gasteiger partial charge in [-0.05, 0) is 54.0 Å². The Kier molecular flexibility index (Phi) is 9.76. The largest absolute Gasteiger partial charge is 0.354 e. The van der Waals surface area contributed by atoms with Gasteiger partial charge in [0.25, 0.3) is 0 Å². The van der Waals surface area contributed by atoms with Crippen LogP contribution in [-0.4, -0.2) is 29.3 Å². The van der Waals surface area contributed by atoms with Crippen LogP contribution in [0.4, 0.5) is 0 Å². The highest BCUT2D eigenvalue weighted by atomic mass is 79.9. The molecule has 5 heteroatoms. The van der Waals surface area contributed by atoms with Gasteiger partial charge in [-0.1, -0.05) is 80.0 Å². The first-order chi connectivity index (χ1) is 14.7. The molecule has 0 unspecified atom stereocenters. The monoisotopic (exact) mass is 486 g/mol. The Morgan fingerprint density at radius 3 is 2.23 bits per heavy atom. The first-order valence-corrected chi connectivity index (χ1v) is 11.9. The fraction of sp³-hybridized carbons (Fsp3) is 0.462. The lowest BCUT2D eigenvalue weighted by Crippen LogP contribution is -2.48. The van der Waals surface area contributed by atoms with Gasteiger partial charge in [0.15, 0.2) is 0 Å². The van der Waals surface area contributed by atoms with Crippen LogP contribution in [0.25, 0.3) is 0 Å². The number of amides is 2. The maximum Gasteiger partial charge on any atom is 0.242 e. The van der Waals surface area contributed by atoms with Gasteiger partial charge in [0, 0.05) is 24.0 Å². The Hall–Kier alpha value is -2.14. The van der Waals surface area contributed by atoms with E-state index in [0.29, 0.717) is 37.8 Å². The summed E-state index contributed by atoms with van der Waals surface area (Å²) in [5.41, 5.74) is 3.42. The molecule has 0 radical (unpaired) electrons. The molecule has 0 bridgehead atoms. The summed E-state index contributed by atoms with van der Waals surface area (Å²) in [4.78, 5) is 27.6. The van der Waals surface area contributed by atoms with Gasteiger partial charge in [-0.25, -0.2) is 0 Å². The van der Waals surface area contributed by atoms with Crippen molar-refractivity contribution >= 4 is 27.7 Å². The number of aryl methyl sites for hydroxylation is 1. The van der Waals surface area contributed by atoms with Crippen molar-refractivity contribution in [2.45, 2.75) is 66.0 Å². The molecule has 2 aromatic rings. The van der Waals surface area contributed by atoms with E-state index in [9.17, 15) is 9.59 Å². The molecule has 0 aliphatic carbocycles. The van der Waals surface area contributed by atoms with Crippen molar-refractivity contribution in [3.63, 3.8) is 0 Å². The van der Waals surface area contributed by atoms with Crippen LogP contribution in [0.2, 0.25) is 0 Å². The van der Waals surface area contributed by atoms with Crippen molar-refractivity contribution in [1.29, 1.82) is 0 Å². The van der Waals surface area contributed by atoms with Crippen molar-refractivity contribution in [2.75, 3.05) is 6.54 Å². The van der Waals surface area contributed by atoms with Crippen molar-refractivity contribution in [2.24, 2.45) is 5.92 Å². The van der Waals surface area contributed by atoms with E-state index in [2.05, 4.69) is 73.2 Å². The predicted molar refractivity (Wildman–Crippen MR) is 131 cm³/mol. The zero-order valence-corrected chi connectivity index (χ0v) is 20.9. The topological polar surface area (TPSA) is 49.4 Å². The Labute approximate surface area is 195 Å². The summed E-state index contributed by atoms with van der Waals surface area (Å²) in [6, 6.07) is 15.8. The summed E-state index contributed by atoms with van der Waals surface area (Å²) < 4.78 is 0.958. The van der Waals surface area contributed by atoms with E-state index >= 15 is 0 Å². The maximum absolute atomic E-state index is 13.2. The number of nitrogens with zero attached hydrogens (tertiary/aromatic N) is 1. The summed E-state index contributed by atoms with van der Waals surface area (Å²) in [6.07, 6.45) is 1.03. The van der Waals surface area contributed by atoms with Gasteiger partial charge in [0.05, 0.1) is 0 Å². The van der Waals surface area contributed by atoms with E-state index in [1.54, 1.807) is 4.90 Å². The summed E-state index contributed by atoms with van der Waals surface area (Å²) in [5, 5.41) is 2.96. The highest BCUT2D eigenvalue weighted by molar-refractivity contribution is 9.10. The fourth-order valence-corrected chi connectivity index (χ4v) is 3.78. The zero-order valence-electron chi connectivity index (χ0n) is 19.3. The van der Waals surface area contributed by atoms with E-state index in [0.717, 1.165) is 15.6 Å². The maximum atomic E-state index is 13.2. The lowest BCUT2D eigenvalue weighted by molar-refractivity contribution is -0.140. The number of halogens is 1. The number of hydrogen-bond acceptors (Lipinski definition) is 2. The third-order valence-electron chi connectivity index (χ3n) is 5.37. The lowest BCUT2D eigenvalue weighted by Gasteiger charge is -2.29. The molecule has 4 nitrogen and oxygen atoms in total. The van der Waals surface area contributed by atoms with Crippen LogP contribution in [0.5, 0.6) is 0 Å². The number of nitrogens with one attached hydrogen (secondary N) is 1. The highest BCUT2D eigenvalue weighted by Gasteiger charge is 2.26. The predicted octanol–water partition coefficient (Wildman–Crippen LogP) is 5.69. The van der Waals surface area contributed by atoms with Crippen LogP contribution in [0.1, 0.15) is 63.6 Å². The van der Waals surface area contributed by atoms with E-state index in [1.807, 2.05) is 31.2 Å². The molecule has 0 aliphatic heterocycles. The molecule has 0 saturated heterocycles. The first kappa shape index (κ1) is 25.1. The summed E-state index contributed by atoms with van der Waals surface area (Å²) in [6.45, 7) is 11.3. The van der Waals surface area contributed by atoms with E-state index < -0.39 is 6.04 Å². The Bertz CT molecular complexity index is 862. The van der Waals surface area contributed by atoms with Crippen LogP contribution in [0.15, 0.2) is 53.0 Å². The average Bonchev–Trinajstić information content (AvgIpc) is 2.74. The molecule has 168 valence electrons. The molecule has 2 amide bonds. The number of benzene rings is 2. The summed E-state index contributed by atoms with van der Waals surface area (Å²) in [7, 11) is 0. The van der Waals surface area contributed by atoms with Gasteiger partial charge in [-0.2, -0.15) is 0 Å². The minimum atomic E-state index is -0.534. The molecule has 0 saturated carbocycles. The number of hydrogen-bond donors (Lipinski definition) is 1. The molecule has 31 heavy (non-hydrogen) atoms. The molecule has 1 atom stereocenters. The average molecular weight is 487 g/mol. The zero-order chi connectivity index (χ0) is 23.0. The fourth-order valence-electron chi connectivity index (χ4n) is 3.33. The molecule has 2 rings (SSSR count). The quantitative estimate of drug-likeness (QED) is 0.468. The molecule has 0 fully saturated rings. The summed E-state index contributed by atoms with van der Waals surface area (Å²) >= 11 is 3.49. The van der Waals surface area contributed by atoms with Crippen LogP contribution in [0.3, 0.4) is 0 Å². The van der Waals surface area contributed by atoms with Crippen LogP contribution in [0, 0.1) is 5.92 Å². The lowest BCUT2D eigenvalue weighted by atomic mass is 10.00. The van der Waals surface area contributed by atoms with E-state index in [1.165, 1.54) is 5.56 Å². The SMILES string of the molecule is CC(C)CNC(=O)[C@@H](C)N(Cc1cccc(Br)c1)C(=O)CCc1ccc(C(C)C)cc1. The van der Waals surface area contributed by atoms with Gasteiger partial charge >= 0.3 is 0 Å². The minimum absolute atomic E-state index is 0.0138. The van der Waals surface area contributed by atoms with Crippen molar-refractivity contribution in [1.82, 2.24) is 10.2 Å². The molecule has 2 aromatic carbocycles. The third-order valence-corrected chi connectivity index (χ3v) is 5.86. The Morgan fingerprint density at radius 2 is 1.65 bits per heavy atom.